The maximum atomic E-state index is 12.6. The minimum absolute atomic E-state index is 0.0228. The largest absolute Gasteiger partial charge is 0.496 e. The smallest absolute Gasteiger partial charge is 0.238 e. The third kappa shape index (κ3) is 6.61. The van der Waals surface area contributed by atoms with E-state index in [1.807, 2.05) is 38.1 Å². The second-order valence-corrected chi connectivity index (χ2v) is 7.94. The van der Waals surface area contributed by atoms with Gasteiger partial charge in [0.05, 0.1) is 26.9 Å². The van der Waals surface area contributed by atoms with Gasteiger partial charge >= 0.3 is 0 Å². The Morgan fingerprint density at radius 2 is 1.56 bits per heavy atom. The van der Waals surface area contributed by atoms with Crippen LogP contribution in [-0.2, 0) is 11.3 Å². The van der Waals surface area contributed by atoms with E-state index in [0.717, 1.165) is 38.5 Å². The summed E-state index contributed by atoms with van der Waals surface area (Å²) in [5.41, 5.74) is 3.16. The molecule has 0 aliphatic carbocycles. The summed E-state index contributed by atoms with van der Waals surface area (Å²) in [4.78, 5) is 17.2. The second-order valence-electron chi connectivity index (χ2n) is 7.94. The minimum atomic E-state index is -0.0228. The van der Waals surface area contributed by atoms with Crippen LogP contribution in [0.4, 0.5) is 5.69 Å². The molecule has 1 fully saturated rings. The highest BCUT2D eigenvalue weighted by atomic mass is 16.5. The van der Waals surface area contributed by atoms with Gasteiger partial charge in [-0.25, -0.2) is 0 Å². The van der Waals surface area contributed by atoms with E-state index in [2.05, 4.69) is 34.2 Å². The van der Waals surface area contributed by atoms with Crippen molar-refractivity contribution < 1.29 is 19.0 Å². The quantitative estimate of drug-likeness (QED) is 0.608. The van der Waals surface area contributed by atoms with E-state index in [4.69, 9.17) is 14.2 Å². The van der Waals surface area contributed by atoms with E-state index < -0.39 is 0 Å². The van der Waals surface area contributed by atoms with Crippen LogP contribution in [0.25, 0.3) is 0 Å². The number of aryl methyl sites for hydroxylation is 1. The summed E-state index contributed by atoms with van der Waals surface area (Å²) in [6, 6.07) is 11.8. The number of hydrogen-bond donors (Lipinski definition) is 1. The van der Waals surface area contributed by atoms with Gasteiger partial charge in [0.25, 0.3) is 0 Å². The number of ether oxygens (including phenoxy) is 3. The number of anilines is 1. The van der Waals surface area contributed by atoms with Gasteiger partial charge in [-0.1, -0.05) is 17.7 Å². The third-order valence-electron chi connectivity index (χ3n) is 5.49. The van der Waals surface area contributed by atoms with Crippen molar-refractivity contribution in [2.75, 3.05) is 58.4 Å². The van der Waals surface area contributed by atoms with Crippen molar-refractivity contribution in [3.8, 4) is 17.2 Å². The zero-order chi connectivity index (χ0) is 22.9. The van der Waals surface area contributed by atoms with Gasteiger partial charge in [0.1, 0.15) is 5.75 Å². The molecule has 1 aliphatic heterocycles. The molecular formula is C25H35N3O4. The average Bonchev–Trinajstić information content (AvgIpc) is 2.77. The predicted molar refractivity (Wildman–Crippen MR) is 127 cm³/mol. The molecule has 1 heterocycles. The van der Waals surface area contributed by atoms with Gasteiger partial charge in [-0.15, -0.1) is 0 Å². The van der Waals surface area contributed by atoms with Crippen molar-refractivity contribution in [2.24, 2.45) is 0 Å². The van der Waals surface area contributed by atoms with Crippen LogP contribution in [0.1, 0.15) is 25.0 Å². The lowest BCUT2D eigenvalue weighted by Gasteiger charge is -2.34. The molecule has 1 amide bonds. The van der Waals surface area contributed by atoms with Crippen LogP contribution in [0.2, 0.25) is 0 Å². The summed E-state index contributed by atoms with van der Waals surface area (Å²) < 4.78 is 16.7. The number of hydrogen-bond acceptors (Lipinski definition) is 6. The van der Waals surface area contributed by atoms with Gasteiger partial charge in [-0.2, -0.15) is 0 Å². The number of methoxy groups -OCH3 is 1. The van der Waals surface area contributed by atoms with Crippen molar-refractivity contribution in [1.29, 1.82) is 0 Å². The number of carbonyl (C=O) groups is 1. The van der Waals surface area contributed by atoms with Crippen molar-refractivity contribution in [1.82, 2.24) is 9.80 Å². The first-order valence-corrected chi connectivity index (χ1v) is 11.3. The van der Waals surface area contributed by atoms with E-state index in [1.165, 1.54) is 11.1 Å². The standard InChI is InChI=1S/C25H35N3O4/c1-5-31-23-10-8-21(16-24(23)32-6-2)26-25(29)18-28-13-11-27(12-14-28)17-20-15-19(3)7-9-22(20)30-4/h7-10,15-16H,5-6,11-14,17-18H2,1-4H3,(H,26,29). The average molecular weight is 442 g/mol. The molecule has 0 spiro atoms. The topological polar surface area (TPSA) is 63.3 Å². The lowest BCUT2D eigenvalue weighted by molar-refractivity contribution is -0.117. The van der Waals surface area contributed by atoms with Crippen LogP contribution >= 0.6 is 0 Å². The molecule has 0 aromatic heterocycles. The number of nitrogens with zero attached hydrogens (tertiary/aromatic N) is 2. The monoisotopic (exact) mass is 441 g/mol. The van der Waals surface area contributed by atoms with Crippen molar-refractivity contribution >= 4 is 11.6 Å². The fourth-order valence-corrected chi connectivity index (χ4v) is 3.91. The SMILES string of the molecule is CCOc1ccc(NC(=O)CN2CCN(Cc3cc(C)ccc3OC)CC2)cc1OCC. The first-order valence-electron chi connectivity index (χ1n) is 11.3. The Kier molecular flexibility index (Phi) is 8.76. The predicted octanol–water partition coefficient (Wildman–Crippen LogP) is 3.56. The fraction of sp³-hybridized carbons (Fsp3) is 0.480. The number of carbonyl (C=O) groups excluding carboxylic acids is 1. The summed E-state index contributed by atoms with van der Waals surface area (Å²) in [7, 11) is 1.71. The van der Waals surface area contributed by atoms with Crippen LogP contribution in [0, 0.1) is 6.92 Å². The summed E-state index contributed by atoms with van der Waals surface area (Å²) in [6.45, 7) is 11.8. The highest BCUT2D eigenvalue weighted by molar-refractivity contribution is 5.92. The fourth-order valence-electron chi connectivity index (χ4n) is 3.91. The molecule has 1 saturated heterocycles. The Morgan fingerprint density at radius 1 is 0.906 bits per heavy atom. The Morgan fingerprint density at radius 3 is 2.25 bits per heavy atom. The van der Waals surface area contributed by atoms with Crippen LogP contribution < -0.4 is 19.5 Å². The molecule has 0 bridgehead atoms. The second kappa shape index (κ2) is 11.7. The minimum Gasteiger partial charge on any atom is -0.496 e. The summed E-state index contributed by atoms with van der Waals surface area (Å²) >= 11 is 0. The van der Waals surface area contributed by atoms with Gasteiger partial charge in [-0.05, 0) is 39.0 Å². The van der Waals surface area contributed by atoms with Crippen LogP contribution in [0.3, 0.4) is 0 Å². The molecule has 2 aromatic carbocycles. The van der Waals surface area contributed by atoms with Gasteiger partial charge in [0.2, 0.25) is 5.91 Å². The van der Waals surface area contributed by atoms with E-state index in [-0.39, 0.29) is 5.91 Å². The first-order chi connectivity index (χ1) is 15.5. The van der Waals surface area contributed by atoms with E-state index in [9.17, 15) is 4.79 Å². The molecular weight excluding hydrogens is 406 g/mol. The highest BCUT2D eigenvalue weighted by Gasteiger charge is 2.20. The Hall–Kier alpha value is -2.77. The zero-order valence-corrected chi connectivity index (χ0v) is 19.6. The van der Waals surface area contributed by atoms with Crippen LogP contribution in [0.5, 0.6) is 17.2 Å². The van der Waals surface area contributed by atoms with Gasteiger partial charge in [0.15, 0.2) is 11.5 Å². The summed E-state index contributed by atoms with van der Waals surface area (Å²) in [5.74, 6) is 2.24. The molecule has 7 heteroatoms. The molecule has 0 radical (unpaired) electrons. The Labute approximate surface area is 191 Å². The summed E-state index contributed by atoms with van der Waals surface area (Å²) in [5, 5.41) is 2.98. The van der Waals surface area contributed by atoms with E-state index >= 15 is 0 Å². The molecule has 7 nitrogen and oxygen atoms in total. The number of benzene rings is 2. The van der Waals surface area contributed by atoms with Gasteiger partial charge < -0.3 is 19.5 Å². The molecule has 3 rings (SSSR count). The highest BCUT2D eigenvalue weighted by Crippen LogP contribution is 2.30. The number of nitrogens with one attached hydrogen (secondary N) is 1. The maximum Gasteiger partial charge on any atom is 0.238 e. The van der Waals surface area contributed by atoms with Crippen molar-refractivity contribution in [3.63, 3.8) is 0 Å². The molecule has 174 valence electrons. The molecule has 32 heavy (non-hydrogen) atoms. The van der Waals surface area contributed by atoms with E-state index in [0.29, 0.717) is 36.9 Å². The van der Waals surface area contributed by atoms with Crippen molar-refractivity contribution in [2.45, 2.75) is 27.3 Å². The lowest BCUT2D eigenvalue weighted by Crippen LogP contribution is -2.48. The summed E-state index contributed by atoms with van der Waals surface area (Å²) in [6.07, 6.45) is 0. The molecule has 1 aliphatic rings. The number of rotatable bonds is 10. The Bertz CT molecular complexity index is 895. The molecule has 2 aromatic rings. The zero-order valence-electron chi connectivity index (χ0n) is 19.6. The normalized spacial score (nSPS) is 14.8. The van der Waals surface area contributed by atoms with E-state index in [1.54, 1.807) is 7.11 Å². The molecule has 0 atom stereocenters. The first kappa shape index (κ1) is 23.9. The number of amides is 1. The lowest BCUT2D eigenvalue weighted by atomic mass is 10.1. The van der Waals surface area contributed by atoms with Gasteiger partial charge in [-0.3, -0.25) is 14.6 Å². The van der Waals surface area contributed by atoms with Crippen molar-refractivity contribution in [3.05, 3.63) is 47.5 Å². The van der Waals surface area contributed by atoms with Crippen LogP contribution in [-0.4, -0.2) is 68.8 Å². The van der Waals surface area contributed by atoms with Crippen LogP contribution in [0.15, 0.2) is 36.4 Å². The molecule has 1 N–H and O–H groups in total. The molecule has 0 saturated carbocycles. The molecule has 0 unspecified atom stereocenters. The number of piperazine rings is 1. The third-order valence-corrected chi connectivity index (χ3v) is 5.49. The Balaban J connectivity index is 1.49. The van der Waals surface area contributed by atoms with Gasteiger partial charge in [0, 0.05) is 50.0 Å². The maximum absolute atomic E-state index is 12.6.